The average Bonchev–Trinajstić information content (AvgIpc) is 2.48. The van der Waals surface area contributed by atoms with E-state index in [4.69, 9.17) is 0 Å². The van der Waals surface area contributed by atoms with Crippen LogP contribution in [-0.4, -0.2) is 28.8 Å². The molecular formula is C15H15N3O. The summed E-state index contributed by atoms with van der Waals surface area (Å²) in [5.74, 6) is 0.912. The number of rotatable bonds is 2. The van der Waals surface area contributed by atoms with E-state index in [0.717, 1.165) is 24.1 Å². The maximum absolute atomic E-state index is 11.4. The van der Waals surface area contributed by atoms with Gasteiger partial charge >= 0.3 is 0 Å². The van der Waals surface area contributed by atoms with Crippen molar-refractivity contribution in [3.05, 3.63) is 42.7 Å². The molecule has 1 aliphatic heterocycles. The first-order valence-corrected chi connectivity index (χ1v) is 6.47. The number of aromatic nitrogens is 2. The van der Waals surface area contributed by atoms with Crippen molar-refractivity contribution < 1.29 is 4.79 Å². The zero-order valence-electron chi connectivity index (χ0n) is 10.6. The minimum Gasteiger partial charge on any atom is -0.333 e. The van der Waals surface area contributed by atoms with Crippen LogP contribution in [0.2, 0.25) is 0 Å². The second-order valence-corrected chi connectivity index (χ2v) is 4.70. The fourth-order valence-corrected chi connectivity index (χ4v) is 2.27. The molecule has 96 valence electrons. The maximum atomic E-state index is 11.4. The quantitative estimate of drug-likeness (QED) is 0.824. The van der Waals surface area contributed by atoms with Crippen LogP contribution >= 0.6 is 0 Å². The van der Waals surface area contributed by atoms with Crippen molar-refractivity contribution in [3.63, 3.8) is 0 Å². The minimum atomic E-state index is 0.266. The van der Waals surface area contributed by atoms with Gasteiger partial charge in [-0.25, -0.2) is 9.97 Å². The SMILES string of the molecule is O=C1CCCN(c2ncc(-c3ccccc3)cn2)C1. The molecule has 0 spiro atoms. The molecule has 0 unspecified atom stereocenters. The van der Waals surface area contributed by atoms with E-state index >= 15 is 0 Å². The van der Waals surface area contributed by atoms with Gasteiger partial charge in [-0.1, -0.05) is 30.3 Å². The van der Waals surface area contributed by atoms with Crippen LogP contribution in [0.3, 0.4) is 0 Å². The number of nitrogens with zero attached hydrogens (tertiary/aromatic N) is 3. The molecule has 0 atom stereocenters. The molecule has 1 aliphatic rings. The van der Waals surface area contributed by atoms with Gasteiger partial charge in [-0.2, -0.15) is 0 Å². The fourth-order valence-electron chi connectivity index (χ4n) is 2.27. The predicted molar refractivity (Wildman–Crippen MR) is 73.9 cm³/mol. The Balaban J connectivity index is 1.81. The molecule has 2 heterocycles. The molecule has 0 aliphatic carbocycles. The van der Waals surface area contributed by atoms with Gasteiger partial charge in [0.1, 0.15) is 0 Å². The first-order valence-electron chi connectivity index (χ1n) is 6.47. The Hall–Kier alpha value is -2.23. The lowest BCUT2D eigenvalue weighted by Gasteiger charge is -2.25. The second-order valence-electron chi connectivity index (χ2n) is 4.70. The normalized spacial score (nSPS) is 15.6. The molecule has 3 rings (SSSR count). The summed E-state index contributed by atoms with van der Waals surface area (Å²) >= 11 is 0. The Kier molecular flexibility index (Phi) is 3.23. The molecule has 1 saturated heterocycles. The highest BCUT2D eigenvalue weighted by Crippen LogP contribution is 2.19. The first kappa shape index (κ1) is 11.8. The number of benzene rings is 1. The second kappa shape index (κ2) is 5.18. The largest absolute Gasteiger partial charge is 0.333 e. The fraction of sp³-hybridized carbons (Fsp3) is 0.267. The highest BCUT2D eigenvalue weighted by atomic mass is 16.1. The van der Waals surface area contributed by atoms with Crippen molar-refractivity contribution in [1.82, 2.24) is 9.97 Å². The number of anilines is 1. The van der Waals surface area contributed by atoms with E-state index in [-0.39, 0.29) is 5.78 Å². The first-order chi connectivity index (χ1) is 9.33. The Labute approximate surface area is 112 Å². The van der Waals surface area contributed by atoms with E-state index in [9.17, 15) is 4.79 Å². The van der Waals surface area contributed by atoms with E-state index < -0.39 is 0 Å². The molecule has 0 saturated carbocycles. The third kappa shape index (κ3) is 2.62. The topological polar surface area (TPSA) is 46.1 Å². The number of Topliss-reactive ketones (excluding diaryl/α,β-unsaturated/α-hetero) is 1. The molecule has 1 aromatic carbocycles. The molecule has 2 aromatic rings. The van der Waals surface area contributed by atoms with Gasteiger partial charge in [-0.3, -0.25) is 4.79 Å². The number of carbonyl (C=O) groups is 1. The monoisotopic (exact) mass is 253 g/mol. The van der Waals surface area contributed by atoms with Crippen molar-refractivity contribution in [3.8, 4) is 11.1 Å². The Morgan fingerprint density at radius 2 is 1.74 bits per heavy atom. The van der Waals surface area contributed by atoms with Crippen LogP contribution in [0.4, 0.5) is 5.95 Å². The van der Waals surface area contributed by atoms with E-state index in [1.807, 2.05) is 47.6 Å². The molecule has 19 heavy (non-hydrogen) atoms. The number of ketones is 1. The van der Waals surface area contributed by atoms with Crippen LogP contribution in [0.5, 0.6) is 0 Å². The third-order valence-electron chi connectivity index (χ3n) is 3.28. The van der Waals surface area contributed by atoms with Gasteiger partial charge in [0, 0.05) is 30.9 Å². The van der Waals surface area contributed by atoms with Crippen molar-refractivity contribution >= 4 is 11.7 Å². The third-order valence-corrected chi connectivity index (χ3v) is 3.28. The summed E-state index contributed by atoms with van der Waals surface area (Å²) in [4.78, 5) is 22.1. The van der Waals surface area contributed by atoms with Crippen molar-refractivity contribution in [1.29, 1.82) is 0 Å². The van der Waals surface area contributed by atoms with Crippen LogP contribution < -0.4 is 4.90 Å². The summed E-state index contributed by atoms with van der Waals surface area (Å²) in [5, 5.41) is 0. The van der Waals surface area contributed by atoms with Crippen molar-refractivity contribution in [2.24, 2.45) is 0 Å². The van der Waals surface area contributed by atoms with Gasteiger partial charge in [-0.15, -0.1) is 0 Å². The predicted octanol–water partition coefficient (Wildman–Crippen LogP) is 2.31. The molecule has 0 amide bonds. The Morgan fingerprint density at radius 1 is 1.00 bits per heavy atom. The number of hydrogen-bond donors (Lipinski definition) is 0. The maximum Gasteiger partial charge on any atom is 0.225 e. The van der Waals surface area contributed by atoms with E-state index in [0.29, 0.717) is 18.9 Å². The number of carbonyl (C=O) groups excluding carboxylic acids is 1. The minimum absolute atomic E-state index is 0.266. The summed E-state index contributed by atoms with van der Waals surface area (Å²) in [6.45, 7) is 1.29. The number of piperidine rings is 1. The lowest BCUT2D eigenvalue weighted by atomic mass is 10.1. The van der Waals surface area contributed by atoms with Gasteiger partial charge in [0.15, 0.2) is 5.78 Å². The van der Waals surface area contributed by atoms with Gasteiger partial charge in [0.2, 0.25) is 5.95 Å². The highest BCUT2D eigenvalue weighted by Gasteiger charge is 2.18. The Morgan fingerprint density at radius 3 is 2.42 bits per heavy atom. The molecule has 0 bridgehead atoms. The van der Waals surface area contributed by atoms with E-state index in [1.165, 1.54) is 0 Å². The molecule has 0 radical (unpaired) electrons. The summed E-state index contributed by atoms with van der Waals surface area (Å²) in [6.07, 6.45) is 5.20. The molecular weight excluding hydrogens is 238 g/mol. The highest BCUT2D eigenvalue weighted by molar-refractivity contribution is 5.84. The van der Waals surface area contributed by atoms with Crippen molar-refractivity contribution in [2.45, 2.75) is 12.8 Å². The molecule has 4 nitrogen and oxygen atoms in total. The summed E-state index contributed by atoms with van der Waals surface area (Å²) in [7, 11) is 0. The van der Waals surface area contributed by atoms with Crippen LogP contribution in [0.15, 0.2) is 42.7 Å². The molecule has 1 fully saturated rings. The van der Waals surface area contributed by atoms with Gasteiger partial charge in [0.25, 0.3) is 0 Å². The summed E-state index contributed by atoms with van der Waals surface area (Å²) in [5.41, 5.74) is 2.09. The van der Waals surface area contributed by atoms with Gasteiger partial charge < -0.3 is 4.90 Å². The average molecular weight is 253 g/mol. The molecule has 4 heteroatoms. The molecule has 1 aromatic heterocycles. The van der Waals surface area contributed by atoms with Crippen LogP contribution in [0, 0.1) is 0 Å². The van der Waals surface area contributed by atoms with Crippen LogP contribution in [0.1, 0.15) is 12.8 Å². The van der Waals surface area contributed by atoms with Crippen molar-refractivity contribution in [2.75, 3.05) is 18.0 Å². The zero-order valence-corrected chi connectivity index (χ0v) is 10.6. The summed E-state index contributed by atoms with van der Waals surface area (Å²) in [6, 6.07) is 10.0. The smallest absolute Gasteiger partial charge is 0.225 e. The van der Waals surface area contributed by atoms with Gasteiger partial charge in [-0.05, 0) is 12.0 Å². The van der Waals surface area contributed by atoms with Gasteiger partial charge in [0.05, 0.1) is 6.54 Å². The summed E-state index contributed by atoms with van der Waals surface area (Å²) < 4.78 is 0. The lowest BCUT2D eigenvalue weighted by molar-refractivity contribution is -0.118. The van der Waals surface area contributed by atoms with Crippen LogP contribution in [0.25, 0.3) is 11.1 Å². The Bertz CT molecular complexity index is 566. The standard InChI is InChI=1S/C15H15N3O/c19-14-7-4-8-18(11-14)15-16-9-13(10-17-15)12-5-2-1-3-6-12/h1-3,5-6,9-10H,4,7-8,11H2. The van der Waals surface area contributed by atoms with E-state index in [2.05, 4.69) is 9.97 Å². The lowest BCUT2D eigenvalue weighted by Crippen LogP contribution is -2.36. The van der Waals surface area contributed by atoms with E-state index in [1.54, 1.807) is 0 Å². The zero-order chi connectivity index (χ0) is 13.1. The number of hydrogen-bond acceptors (Lipinski definition) is 4. The molecule has 0 N–H and O–H groups in total. The van der Waals surface area contributed by atoms with Crippen LogP contribution in [-0.2, 0) is 4.79 Å².